The molecule has 0 spiro atoms. The largest absolute Gasteiger partial charge is 0.346 e. The fourth-order valence-corrected chi connectivity index (χ4v) is 2.40. The molecule has 2 N–H and O–H groups in total. The molecule has 5 heteroatoms. The minimum atomic E-state index is -0.461. The number of aromatic amines is 1. The highest BCUT2D eigenvalue weighted by molar-refractivity contribution is 5.98. The van der Waals surface area contributed by atoms with E-state index in [4.69, 9.17) is 0 Å². The number of rotatable bonds is 3. The molecule has 1 amide bonds. The van der Waals surface area contributed by atoms with E-state index >= 15 is 0 Å². The van der Waals surface area contributed by atoms with E-state index in [1.807, 2.05) is 60.7 Å². The van der Waals surface area contributed by atoms with Gasteiger partial charge < -0.3 is 10.3 Å². The van der Waals surface area contributed by atoms with Gasteiger partial charge in [0.1, 0.15) is 5.69 Å². The van der Waals surface area contributed by atoms with Crippen LogP contribution in [0.3, 0.4) is 0 Å². The molecule has 0 saturated carbocycles. The average molecular weight is 305 g/mol. The summed E-state index contributed by atoms with van der Waals surface area (Å²) in [4.78, 5) is 30.4. The minimum Gasteiger partial charge on any atom is -0.323 e. The zero-order valence-corrected chi connectivity index (χ0v) is 12.5. The van der Waals surface area contributed by atoms with Crippen molar-refractivity contribution in [3.8, 4) is 22.5 Å². The number of aromatic nitrogens is 2. The van der Waals surface area contributed by atoms with Crippen LogP contribution in [-0.2, 0) is 4.79 Å². The van der Waals surface area contributed by atoms with Crippen molar-refractivity contribution in [2.24, 2.45) is 0 Å². The van der Waals surface area contributed by atoms with Crippen LogP contribution < -0.4 is 11.0 Å². The van der Waals surface area contributed by atoms with Gasteiger partial charge in [0.25, 0.3) is 0 Å². The first kappa shape index (κ1) is 14.7. The summed E-state index contributed by atoms with van der Waals surface area (Å²) in [6.07, 6.45) is 0. The number of hydrogen-bond donors (Lipinski definition) is 2. The number of anilines is 1. The second kappa shape index (κ2) is 6.27. The number of carbonyl (C=O) groups is 1. The maximum atomic E-state index is 12.0. The number of nitrogens with zero attached hydrogens (tertiary/aromatic N) is 1. The fourth-order valence-electron chi connectivity index (χ4n) is 2.40. The Hall–Kier alpha value is -3.21. The summed E-state index contributed by atoms with van der Waals surface area (Å²) in [6.45, 7) is 1.43. The lowest BCUT2D eigenvalue weighted by atomic mass is 10.0. The predicted octanol–water partition coefficient (Wildman–Crippen LogP) is 3.06. The van der Waals surface area contributed by atoms with E-state index in [-0.39, 0.29) is 5.91 Å². The molecule has 0 atom stereocenters. The summed E-state index contributed by atoms with van der Waals surface area (Å²) < 4.78 is 0. The lowest BCUT2D eigenvalue weighted by Gasteiger charge is -2.14. The second-order valence-corrected chi connectivity index (χ2v) is 5.05. The van der Waals surface area contributed by atoms with Gasteiger partial charge >= 0.3 is 5.69 Å². The Morgan fingerprint density at radius 2 is 1.52 bits per heavy atom. The predicted molar refractivity (Wildman–Crippen MR) is 90.0 cm³/mol. The Labute approximate surface area is 133 Å². The van der Waals surface area contributed by atoms with Crippen LogP contribution in [0.25, 0.3) is 22.5 Å². The molecule has 0 aliphatic carbocycles. The van der Waals surface area contributed by atoms with Crippen LogP contribution in [0.2, 0.25) is 0 Å². The monoisotopic (exact) mass is 305 g/mol. The first-order valence-electron chi connectivity index (χ1n) is 7.18. The summed E-state index contributed by atoms with van der Waals surface area (Å²) in [5.74, 6) is -0.229. The van der Waals surface area contributed by atoms with Gasteiger partial charge in [0.15, 0.2) is 0 Å². The second-order valence-electron chi connectivity index (χ2n) is 5.05. The number of amides is 1. The van der Waals surface area contributed by atoms with Gasteiger partial charge in [-0.2, -0.15) is 4.98 Å². The molecule has 0 bridgehead atoms. The molecule has 0 radical (unpaired) electrons. The molecular formula is C18H15N3O2. The van der Waals surface area contributed by atoms with Crippen molar-refractivity contribution in [2.45, 2.75) is 6.92 Å². The van der Waals surface area contributed by atoms with Crippen molar-refractivity contribution in [3.05, 3.63) is 71.1 Å². The highest BCUT2D eigenvalue weighted by atomic mass is 16.1. The molecule has 23 heavy (non-hydrogen) atoms. The molecule has 0 aliphatic rings. The van der Waals surface area contributed by atoms with Gasteiger partial charge in [-0.1, -0.05) is 60.7 Å². The molecule has 1 heterocycles. The molecule has 0 unspecified atom stereocenters. The lowest BCUT2D eigenvalue weighted by molar-refractivity contribution is -0.114. The molecule has 0 aliphatic heterocycles. The van der Waals surface area contributed by atoms with E-state index in [0.29, 0.717) is 17.1 Å². The zero-order valence-electron chi connectivity index (χ0n) is 12.5. The Morgan fingerprint density at radius 3 is 2.09 bits per heavy atom. The third kappa shape index (κ3) is 3.18. The standard InChI is InChI=1S/C18H15N3O2/c1-12(22)19-17-15(13-8-4-2-5-9-13)20-18(23)21-16(17)14-10-6-3-7-11-14/h2-11H,1H3,(H,19,22)(H,20,21,23). The van der Waals surface area contributed by atoms with Crippen LogP contribution in [0.5, 0.6) is 0 Å². The van der Waals surface area contributed by atoms with Crippen LogP contribution in [0.15, 0.2) is 65.5 Å². The Kier molecular flexibility index (Phi) is 4.01. The third-order valence-corrected chi connectivity index (χ3v) is 3.34. The van der Waals surface area contributed by atoms with Crippen molar-refractivity contribution >= 4 is 11.6 Å². The van der Waals surface area contributed by atoms with Crippen molar-refractivity contribution in [3.63, 3.8) is 0 Å². The first-order chi connectivity index (χ1) is 11.1. The van der Waals surface area contributed by atoms with Crippen LogP contribution in [0.4, 0.5) is 5.69 Å². The molecule has 0 saturated heterocycles. The molecule has 1 aromatic heterocycles. The first-order valence-corrected chi connectivity index (χ1v) is 7.18. The van der Waals surface area contributed by atoms with Crippen LogP contribution in [0, 0.1) is 0 Å². The van der Waals surface area contributed by atoms with E-state index < -0.39 is 5.69 Å². The van der Waals surface area contributed by atoms with Gasteiger partial charge in [-0.15, -0.1) is 0 Å². The van der Waals surface area contributed by atoms with E-state index in [0.717, 1.165) is 11.1 Å². The summed E-state index contributed by atoms with van der Waals surface area (Å²) in [5, 5.41) is 2.79. The highest BCUT2D eigenvalue weighted by Crippen LogP contribution is 2.32. The van der Waals surface area contributed by atoms with Crippen molar-refractivity contribution in [1.29, 1.82) is 0 Å². The van der Waals surface area contributed by atoms with Crippen LogP contribution in [0.1, 0.15) is 6.92 Å². The number of nitrogens with one attached hydrogen (secondary N) is 2. The van der Waals surface area contributed by atoms with E-state index in [1.165, 1.54) is 6.92 Å². The Morgan fingerprint density at radius 1 is 0.957 bits per heavy atom. The molecule has 3 rings (SSSR count). The maximum Gasteiger partial charge on any atom is 0.346 e. The lowest BCUT2D eigenvalue weighted by Crippen LogP contribution is -2.18. The van der Waals surface area contributed by atoms with Gasteiger partial charge in [-0.05, 0) is 0 Å². The molecular weight excluding hydrogens is 290 g/mol. The van der Waals surface area contributed by atoms with Crippen molar-refractivity contribution in [2.75, 3.05) is 5.32 Å². The van der Waals surface area contributed by atoms with E-state index in [1.54, 1.807) is 0 Å². The molecule has 3 aromatic rings. The third-order valence-electron chi connectivity index (χ3n) is 3.34. The SMILES string of the molecule is CC(=O)Nc1c(-c2ccccc2)nc(=O)[nH]c1-c1ccccc1. The van der Waals surface area contributed by atoms with Crippen LogP contribution in [-0.4, -0.2) is 15.9 Å². The molecule has 2 aromatic carbocycles. The van der Waals surface area contributed by atoms with Gasteiger partial charge in [0.2, 0.25) is 5.91 Å². The Bertz CT molecular complexity index is 823. The highest BCUT2D eigenvalue weighted by Gasteiger charge is 2.16. The summed E-state index contributed by atoms with van der Waals surface area (Å²) >= 11 is 0. The van der Waals surface area contributed by atoms with Crippen LogP contribution >= 0.6 is 0 Å². The van der Waals surface area contributed by atoms with Crippen molar-refractivity contribution < 1.29 is 4.79 Å². The molecule has 0 fully saturated rings. The Balaban J connectivity index is 2.30. The zero-order chi connectivity index (χ0) is 16.2. The number of H-pyrrole nitrogens is 1. The summed E-state index contributed by atoms with van der Waals surface area (Å²) in [7, 11) is 0. The maximum absolute atomic E-state index is 12.0. The molecule has 114 valence electrons. The van der Waals surface area contributed by atoms with Gasteiger partial charge in [0, 0.05) is 18.1 Å². The van der Waals surface area contributed by atoms with E-state index in [2.05, 4.69) is 15.3 Å². The van der Waals surface area contributed by atoms with Gasteiger partial charge in [-0.3, -0.25) is 4.79 Å². The minimum absolute atomic E-state index is 0.229. The fraction of sp³-hybridized carbons (Fsp3) is 0.0556. The smallest absolute Gasteiger partial charge is 0.323 e. The summed E-state index contributed by atoms with van der Waals surface area (Å²) in [6, 6.07) is 18.7. The number of carbonyl (C=O) groups excluding carboxylic acids is 1. The average Bonchev–Trinajstić information content (AvgIpc) is 2.57. The number of hydrogen-bond acceptors (Lipinski definition) is 3. The van der Waals surface area contributed by atoms with E-state index in [9.17, 15) is 9.59 Å². The number of benzene rings is 2. The normalized spacial score (nSPS) is 10.3. The topological polar surface area (TPSA) is 74.8 Å². The van der Waals surface area contributed by atoms with Gasteiger partial charge in [-0.25, -0.2) is 4.79 Å². The van der Waals surface area contributed by atoms with Gasteiger partial charge in [0.05, 0.1) is 11.4 Å². The van der Waals surface area contributed by atoms with Crippen molar-refractivity contribution in [1.82, 2.24) is 9.97 Å². The quantitative estimate of drug-likeness (QED) is 0.781. The summed E-state index contributed by atoms with van der Waals surface area (Å²) in [5.41, 5.74) is 2.59. The molecule has 5 nitrogen and oxygen atoms in total.